The first-order chi connectivity index (χ1) is 10.8. The highest BCUT2D eigenvalue weighted by Gasteiger charge is 2.21. The highest BCUT2D eigenvalue weighted by Crippen LogP contribution is 2.30. The molecule has 0 bridgehead atoms. The summed E-state index contributed by atoms with van der Waals surface area (Å²) >= 11 is 6.03. The second kappa shape index (κ2) is 6.68. The van der Waals surface area contributed by atoms with E-state index >= 15 is 0 Å². The molecule has 0 spiro atoms. The van der Waals surface area contributed by atoms with Gasteiger partial charge in [0.05, 0.1) is 29.8 Å². The fraction of sp³-hybridized carbons (Fsp3) is 0.250. The van der Waals surface area contributed by atoms with Crippen LogP contribution in [0.3, 0.4) is 0 Å². The van der Waals surface area contributed by atoms with Crippen molar-refractivity contribution in [2.45, 2.75) is 18.7 Å². The molecule has 124 valence electrons. The van der Waals surface area contributed by atoms with Crippen LogP contribution in [-0.2, 0) is 10.0 Å². The summed E-state index contributed by atoms with van der Waals surface area (Å²) in [6, 6.07) is 8.07. The van der Waals surface area contributed by atoms with E-state index in [0.717, 1.165) is 0 Å². The van der Waals surface area contributed by atoms with E-state index in [4.69, 9.17) is 21.1 Å². The fourth-order valence-corrected chi connectivity index (χ4v) is 4.15. The number of halogens is 1. The van der Waals surface area contributed by atoms with E-state index in [1.807, 2.05) is 0 Å². The zero-order valence-corrected chi connectivity index (χ0v) is 14.9. The van der Waals surface area contributed by atoms with Crippen molar-refractivity contribution in [3.8, 4) is 11.5 Å². The zero-order valence-electron chi connectivity index (χ0n) is 13.3. The lowest BCUT2D eigenvalue weighted by atomic mass is 10.1. The minimum Gasteiger partial charge on any atom is -0.497 e. The molecule has 0 amide bonds. The second-order valence-electron chi connectivity index (χ2n) is 5.05. The zero-order chi connectivity index (χ0) is 17.2. The number of hydrogen-bond donors (Lipinski definition) is 1. The number of methoxy groups -OCH3 is 2. The van der Waals surface area contributed by atoms with E-state index < -0.39 is 10.0 Å². The Morgan fingerprint density at radius 3 is 2.09 bits per heavy atom. The van der Waals surface area contributed by atoms with Gasteiger partial charge in [-0.3, -0.25) is 4.72 Å². The van der Waals surface area contributed by atoms with E-state index in [0.29, 0.717) is 33.3 Å². The molecule has 5 nitrogen and oxygen atoms in total. The predicted octanol–water partition coefficient (Wildman–Crippen LogP) is 3.77. The Hall–Kier alpha value is -1.92. The topological polar surface area (TPSA) is 64.6 Å². The third-order valence-corrected chi connectivity index (χ3v) is 5.32. The van der Waals surface area contributed by atoms with Gasteiger partial charge in [0.25, 0.3) is 10.0 Å². The first-order valence-corrected chi connectivity index (χ1v) is 8.66. The Morgan fingerprint density at radius 1 is 1.00 bits per heavy atom. The van der Waals surface area contributed by atoms with Crippen LogP contribution < -0.4 is 14.2 Å². The SMILES string of the molecule is COc1cc(C)c(S(=O)(=O)Nc2ccc(OC)c(Cl)c2)c(C)c1. The lowest BCUT2D eigenvalue weighted by Crippen LogP contribution is -2.16. The van der Waals surface area contributed by atoms with Crippen LogP contribution in [0.2, 0.25) is 5.02 Å². The van der Waals surface area contributed by atoms with Gasteiger partial charge < -0.3 is 9.47 Å². The summed E-state index contributed by atoms with van der Waals surface area (Å²) in [5, 5.41) is 0.330. The van der Waals surface area contributed by atoms with Crippen molar-refractivity contribution < 1.29 is 17.9 Å². The lowest BCUT2D eigenvalue weighted by molar-refractivity contribution is 0.413. The molecular weight excluding hydrogens is 338 g/mol. The molecule has 2 aromatic carbocycles. The van der Waals surface area contributed by atoms with Gasteiger partial charge in [0.2, 0.25) is 0 Å². The van der Waals surface area contributed by atoms with Gasteiger partial charge in [-0.1, -0.05) is 11.6 Å². The summed E-state index contributed by atoms with van der Waals surface area (Å²) < 4.78 is 38.1. The van der Waals surface area contributed by atoms with Crippen LogP contribution in [0.4, 0.5) is 5.69 Å². The number of benzene rings is 2. The van der Waals surface area contributed by atoms with Gasteiger partial charge in [-0.15, -0.1) is 0 Å². The van der Waals surface area contributed by atoms with Crippen LogP contribution >= 0.6 is 11.6 Å². The smallest absolute Gasteiger partial charge is 0.262 e. The first-order valence-electron chi connectivity index (χ1n) is 6.80. The molecule has 0 aliphatic heterocycles. The van der Waals surface area contributed by atoms with E-state index in [2.05, 4.69) is 4.72 Å². The van der Waals surface area contributed by atoms with E-state index in [1.165, 1.54) is 13.2 Å². The van der Waals surface area contributed by atoms with Gasteiger partial charge in [0.15, 0.2) is 0 Å². The maximum atomic E-state index is 12.7. The van der Waals surface area contributed by atoms with Crippen molar-refractivity contribution in [3.05, 3.63) is 46.5 Å². The van der Waals surface area contributed by atoms with Crippen molar-refractivity contribution in [3.63, 3.8) is 0 Å². The minimum absolute atomic E-state index is 0.227. The van der Waals surface area contributed by atoms with Crippen molar-refractivity contribution in [1.29, 1.82) is 0 Å². The van der Waals surface area contributed by atoms with Crippen LogP contribution in [0, 0.1) is 13.8 Å². The molecule has 0 saturated carbocycles. The third-order valence-electron chi connectivity index (χ3n) is 3.34. The van der Waals surface area contributed by atoms with Crippen LogP contribution in [0.15, 0.2) is 35.2 Å². The van der Waals surface area contributed by atoms with Gasteiger partial charge in [0, 0.05) is 0 Å². The fourth-order valence-electron chi connectivity index (χ4n) is 2.39. The molecular formula is C16H18ClNO4S. The monoisotopic (exact) mass is 355 g/mol. The van der Waals surface area contributed by atoms with E-state index in [1.54, 1.807) is 45.2 Å². The molecule has 1 N–H and O–H groups in total. The quantitative estimate of drug-likeness (QED) is 0.886. The van der Waals surface area contributed by atoms with Crippen molar-refractivity contribution >= 4 is 27.3 Å². The van der Waals surface area contributed by atoms with Crippen LogP contribution in [0.25, 0.3) is 0 Å². The van der Waals surface area contributed by atoms with Gasteiger partial charge in [-0.05, 0) is 55.3 Å². The summed E-state index contributed by atoms with van der Waals surface area (Å²) in [4.78, 5) is 0.227. The van der Waals surface area contributed by atoms with Crippen LogP contribution in [0.1, 0.15) is 11.1 Å². The van der Waals surface area contributed by atoms with Gasteiger partial charge in [-0.25, -0.2) is 8.42 Å². The maximum Gasteiger partial charge on any atom is 0.262 e. The van der Waals surface area contributed by atoms with Gasteiger partial charge >= 0.3 is 0 Å². The molecule has 2 rings (SSSR count). The standard InChI is InChI=1S/C16H18ClNO4S/c1-10-7-13(21-3)8-11(2)16(10)23(19,20)18-12-5-6-15(22-4)14(17)9-12/h5-9,18H,1-4H3. The average Bonchev–Trinajstić information content (AvgIpc) is 2.45. The highest BCUT2D eigenvalue weighted by atomic mass is 35.5. The Morgan fingerprint density at radius 2 is 1.61 bits per heavy atom. The Kier molecular flexibility index (Phi) is 5.06. The molecule has 0 radical (unpaired) electrons. The normalized spacial score (nSPS) is 11.2. The molecule has 23 heavy (non-hydrogen) atoms. The molecule has 0 aliphatic rings. The predicted molar refractivity (Wildman–Crippen MR) is 91.3 cm³/mol. The summed E-state index contributed by atoms with van der Waals surface area (Å²) in [5.41, 5.74) is 1.58. The van der Waals surface area contributed by atoms with Gasteiger partial charge in [-0.2, -0.15) is 0 Å². The highest BCUT2D eigenvalue weighted by molar-refractivity contribution is 7.92. The summed E-state index contributed by atoms with van der Waals surface area (Å²) in [7, 11) is -0.704. The Labute approximate surface area is 141 Å². The van der Waals surface area contributed by atoms with Gasteiger partial charge in [0.1, 0.15) is 11.5 Å². The minimum atomic E-state index is -3.74. The molecule has 0 fully saturated rings. The van der Waals surface area contributed by atoms with Crippen molar-refractivity contribution in [1.82, 2.24) is 0 Å². The molecule has 7 heteroatoms. The molecule has 0 aliphatic carbocycles. The molecule has 0 atom stereocenters. The molecule has 0 heterocycles. The summed E-state index contributed by atoms with van der Waals surface area (Å²) in [6.07, 6.45) is 0. The summed E-state index contributed by atoms with van der Waals surface area (Å²) in [5.74, 6) is 1.10. The van der Waals surface area contributed by atoms with Crippen molar-refractivity contribution in [2.75, 3.05) is 18.9 Å². The first kappa shape index (κ1) is 17.4. The molecule has 0 saturated heterocycles. The third kappa shape index (κ3) is 3.71. The number of nitrogens with one attached hydrogen (secondary N) is 1. The van der Waals surface area contributed by atoms with Crippen molar-refractivity contribution in [2.24, 2.45) is 0 Å². The second-order valence-corrected chi connectivity index (χ2v) is 7.07. The average molecular weight is 356 g/mol. The number of anilines is 1. The van der Waals surface area contributed by atoms with Crippen LogP contribution in [0.5, 0.6) is 11.5 Å². The van der Waals surface area contributed by atoms with E-state index in [9.17, 15) is 8.42 Å². The Bertz CT molecular complexity index is 811. The number of ether oxygens (including phenoxy) is 2. The largest absolute Gasteiger partial charge is 0.497 e. The maximum absolute atomic E-state index is 12.7. The lowest BCUT2D eigenvalue weighted by Gasteiger charge is -2.15. The number of sulfonamides is 1. The van der Waals surface area contributed by atoms with E-state index in [-0.39, 0.29) is 4.90 Å². The number of rotatable bonds is 5. The molecule has 0 unspecified atom stereocenters. The Balaban J connectivity index is 2.42. The van der Waals surface area contributed by atoms with Crippen LogP contribution in [-0.4, -0.2) is 22.6 Å². The molecule has 2 aromatic rings. The number of aryl methyl sites for hydroxylation is 2. The molecule has 0 aromatic heterocycles. The number of hydrogen-bond acceptors (Lipinski definition) is 4. The summed E-state index contributed by atoms with van der Waals surface area (Å²) in [6.45, 7) is 3.45.